The Bertz CT molecular complexity index is 1490. The molecule has 2 amide bonds. The van der Waals surface area contributed by atoms with Crippen molar-refractivity contribution in [3.05, 3.63) is 97.2 Å². The number of urea groups is 1. The smallest absolute Gasteiger partial charge is 0.323 e. The Morgan fingerprint density at radius 2 is 1.63 bits per heavy atom. The number of rotatable bonds is 6. The van der Waals surface area contributed by atoms with Crippen LogP contribution in [0.15, 0.2) is 91.4 Å². The van der Waals surface area contributed by atoms with Gasteiger partial charge in [0.15, 0.2) is 5.82 Å². The fourth-order valence-corrected chi connectivity index (χ4v) is 3.65. The van der Waals surface area contributed by atoms with E-state index in [-0.39, 0.29) is 6.03 Å². The Morgan fingerprint density at radius 3 is 2.46 bits per heavy atom. The lowest BCUT2D eigenvalue weighted by atomic mass is 10.1. The number of aryl methyl sites for hydroxylation is 1. The Hall–Kier alpha value is -4.85. The Morgan fingerprint density at radius 1 is 0.829 bits per heavy atom. The molecule has 0 aliphatic carbocycles. The van der Waals surface area contributed by atoms with E-state index in [4.69, 9.17) is 4.74 Å². The number of aromatic nitrogens is 4. The second kappa shape index (κ2) is 9.96. The third kappa shape index (κ3) is 4.91. The maximum absolute atomic E-state index is 12.6. The van der Waals surface area contributed by atoms with Crippen molar-refractivity contribution in [2.45, 2.75) is 13.3 Å². The summed E-state index contributed by atoms with van der Waals surface area (Å²) in [5, 5.41) is 7.42. The predicted molar refractivity (Wildman–Crippen MR) is 136 cm³/mol. The molecule has 0 unspecified atom stereocenters. The zero-order valence-corrected chi connectivity index (χ0v) is 19.0. The highest BCUT2D eigenvalue weighted by Gasteiger charge is 2.15. The van der Waals surface area contributed by atoms with Crippen molar-refractivity contribution in [3.8, 4) is 23.0 Å². The average Bonchev–Trinajstić information content (AvgIpc) is 2.91. The normalized spacial score (nSPS) is 10.7. The average molecular weight is 463 g/mol. The first-order valence-electron chi connectivity index (χ1n) is 11.2. The second-order valence-electron chi connectivity index (χ2n) is 7.64. The summed E-state index contributed by atoms with van der Waals surface area (Å²) in [4.78, 5) is 30.0. The molecular formula is C27H22N6O2. The van der Waals surface area contributed by atoms with Crippen LogP contribution in [0.25, 0.3) is 22.2 Å². The third-order valence-corrected chi connectivity index (χ3v) is 5.32. The van der Waals surface area contributed by atoms with E-state index in [1.54, 1.807) is 6.20 Å². The number of nitrogens with one attached hydrogen (secondary N) is 2. The maximum atomic E-state index is 12.6. The van der Waals surface area contributed by atoms with Crippen LogP contribution in [-0.4, -0.2) is 26.0 Å². The first-order valence-corrected chi connectivity index (χ1v) is 11.2. The summed E-state index contributed by atoms with van der Waals surface area (Å²) in [5.74, 6) is 2.17. The number of anilines is 2. The van der Waals surface area contributed by atoms with Gasteiger partial charge in [-0.2, -0.15) is 0 Å². The van der Waals surface area contributed by atoms with Gasteiger partial charge in [0.1, 0.15) is 17.9 Å². The molecule has 0 bridgehead atoms. The number of nitrogens with zero attached hydrogens (tertiary/aromatic N) is 4. The molecule has 0 saturated carbocycles. The van der Waals surface area contributed by atoms with Gasteiger partial charge in [-0.05, 0) is 36.4 Å². The number of fused-ring (bicyclic) bond motifs is 1. The van der Waals surface area contributed by atoms with Gasteiger partial charge in [-0.15, -0.1) is 0 Å². The van der Waals surface area contributed by atoms with Crippen LogP contribution in [-0.2, 0) is 6.42 Å². The number of carbonyl (C=O) groups excluding carboxylic acids is 1. The number of para-hydroxylation sites is 1. The topological polar surface area (TPSA) is 102 Å². The fourth-order valence-electron chi connectivity index (χ4n) is 3.65. The van der Waals surface area contributed by atoms with Crippen molar-refractivity contribution in [1.29, 1.82) is 0 Å². The molecule has 0 aliphatic rings. The molecule has 8 heteroatoms. The van der Waals surface area contributed by atoms with E-state index in [0.717, 1.165) is 10.8 Å². The van der Waals surface area contributed by atoms with Crippen molar-refractivity contribution in [2.24, 2.45) is 0 Å². The van der Waals surface area contributed by atoms with E-state index in [2.05, 4.69) is 30.6 Å². The van der Waals surface area contributed by atoms with Crippen LogP contribution in [0.2, 0.25) is 0 Å². The highest BCUT2D eigenvalue weighted by atomic mass is 16.5. The van der Waals surface area contributed by atoms with Gasteiger partial charge in [-0.25, -0.2) is 24.7 Å². The fraction of sp³-hybridized carbons (Fsp3) is 0.0741. The highest BCUT2D eigenvalue weighted by Crippen LogP contribution is 2.36. The van der Waals surface area contributed by atoms with Crippen LogP contribution in [0.3, 0.4) is 0 Å². The van der Waals surface area contributed by atoms with Gasteiger partial charge >= 0.3 is 6.03 Å². The van der Waals surface area contributed by atoms with Crippen LogP contribution in [0.4, 0.5) is 16.2 Å². The zero-order valence-electron chi connectivity index (χ0n) is 19.0. The van der Waals surface area contributed by atoms with Crippen LogP contribution >= 0.6 is 0 Å². The molecule has 172 valence electrons. The summed E-state index contributed by atoms with van der Waals surface area (Å²) in [6.45, 7) is 1.99. The van der Waals surface area contributed by atoms with Crippen molar-refractivity contribution in [1.82, 2.24) is 19.9 Å². The van der Waals surface area contributed by atoms with Crippen molar-refractivity contribution in [3.63, 3.8) is 0 Å². The molecule has 0 radical (unpaired) electrons. The molecule has 8 nitrogen and oxygen atoms in total. The molecule has 0 saturated heterocycles. The lowest BCUT2D eigenvalue weighted by Gasteiger charge is -2.14. The monoisotopic (exact) mass is 462 g/mol. The van der Waals surface area contributed by atoms with Gasteiger partial charge in [0, 0.05) is 29.1 Å². The number of amides is 2. The molecule has 5 rings (SSSR count). The molecule has 0 atom stereocenters. The van der Waals surface area contributed by atoms with Crippen LogP contribution in [0, 0.1) is 0 Å². The van der Waals surface area contributed by atoms with E-state index in [9.17, 15) is 4.79 Å². The molecule has 5 aromatic rings. The molecule has 2 N–H and O–H groups in total. The number of ether oxygens (including phenoxy) is 1. The van der Waals surface area contributed by atoms with Crippen LogP contribution < -0.4 is 15.4 Å². The number of hydrogen-bond donors (Lipinski definition) is 2. The molecule has 35 heavy (non-hydrogen) atoms. The Kier molecular flexibility index (Phi) is 6.25. The summed E-state index contributed by atoms with van der Waals surface area (Å²) in [6, 6.07) is 23.9. The summed E-state index contributed by atoms with van der Waals surface area (Å²) >= 11 is 0. The maximum Gasteiger partial charge on any atom is 0.323 e. The highest BCUT2D eigenvalue weighted by molar-refractivity contribution is 6.07. The summed E-state index contributed by atoms with van der Waals surface area (Å²) in [5.41, 5.74) is 2.03. The predicted octanol–water partition coefficient (Wildman–Crippen LogP) is 6.09. The lowest BCUT2D eigenvalue weighted by Crippen LogP contribution is -2.19. The number of benzene rings is 3. The van der Waals surface area contributed by atoms with E-state index in [1.165, 1.54) is 6.33 Å². The van der Waals surface area contributed by atoms with Crippen LogP contribution in [0.5, 0.6) is 11.6 Å². The van der Waals surface area contributed by atoms with E-state index >= 15 is 0 Å². The molecule has 2 aromatic heterocycles. The van der Waals surface area contributed by atoms with Gasteiger partial charge in [-0.3, -0.25) is 0 Å². The van der Waals surface area contributed by atoms with Gasteiger partial charge < -0.3 is 15.4 Å². The number of carbonyl (C=O) groups is 1. The standard InChI is InChI=1S/C27H22N6O2/c1-2-24-29-17-30-25(33-24)21-13-8-16-28-26(21)35-23-15-14-22(19-11-6-7-12-20(19)23)32-27(34)31-18-9-4-3-5-10-18/h3-17H,2H2,1H3,(H2,31,32,34). The van der Waals surface area contributed by atoms with E-state index in [1.807, 2.05) is 85.8 Å². The van der Waals surface area contributed by atoms with Gasteiger partial charge in [0.2, 0.25) is 5.88 Å². The van der Waals surface area contributed by atoms with E-state index in [0.29, 0.717) is 46.6 Å². The van der Waals surface area contributed by atoms with Gasteiger partial charge in [0.25, 0.3) is 0 Å². The minimum Gasteiger partial charge on any atom is -0.438 e. The molecule has 3 aromatic carbocycles. The van der Waals surface area contributed by atoms with Crippen molar-refractivity contribution in [2.75, 3.05) is 10.6 Å². The number of pyridine rings is 1. The number of hydrogen-bond acceptors (Lipinski definition) is 6. The Labute approximate surface area is 202 Å². The molecule has 2 heterocycles. The quantitative estimate of drug-likeness (QED) is 0.317. The second-order valence-corrected chi connectivity index (χ2v) is 7.64. The third-order valence-electron chi connectivity index (χ3n) is 5.32. The molecule has 0 aliphatic heterocycles. The molecule has 0 spiro atoms. The van der Waals surface area contributed by atoms with Crippen molar-refractivity contribution < 1.29 is 9.53 Å². The minimum atomic E-state index is -0.330. The minimum absolute atomic E-state index is 0.330. The molecular weight excluding hydrogens is 440 g/mol. The molecule has 0 fully saturated rings. The summed E-state index contributed by atoms with van der Waals surface area (Å²) in [7, 11) is 0. The summed E-state index contributed by atoms with van der Waals surface area (Å²) in [6.07, 6.45) is 3.85. The SMILES string of the molecule is CCc1ncnc(-c2cccnc2Oc2ccc(NC(=O)Nc3ccccc3)c3ccccc23)n1. The van der Waals surface area contributed by atoms with Crippen LogP contribution in [0.1, 0.15) is 12.7 Å². The van der Waals surface area contributed by atoms with Crippen molar-refractivity contribution >= 4 is 28.2 Å². The first-order chi connectivity index (χ1) is 17.2. The zero-order chi connectivity index (χ0) is 24.0. The summed E-state index contributed by atoms with van der Waals surface area (Å²) < 4.78 is 6.27. The van der Waals surface area contributed by atoms with E-state index < -0.39 is 0 Å². The van der Waals surface area contributed by atoms with Gasteiger partial charge in [0.05, 0.1) is 11.3 Å². The lowest BCUT2D eigenvalue weighted by molar-refractivity contribution is 0.262. The van der Waals surface area contributed by atoms with Gasteiger partial charge in [-0.1, -0.05) is 49.4 Å². The first kappa shape index (κ1) is 22.0. The largest absolute Gasteiger partial charge is 0.438 e. The Balaban J connectivity index is 1.46.